The third-order valence-corrected chi connectivity index (χ3v) is 3.08. The number of carbonyl (C=O) groups is 1. The summed E-state index contributed by atoms with van der Waals surface area (Å²) < 4.78 is 5.08. The van der Waals surface area contributed by atoms with E-state index in [4.69, 9.17) is 4.74 Å². The Morgan fingerprint density at radius 3 is 2.59 bits per heavy atom. The van der Waals surface area contributed by atoms with E-state index in [1.54, 1.807) is 0 Å². The second-order valence-electron chi connectivity index (χ2n) is 5.07. The van der Waals surface area contributed by atoms with E-state index < -0.39 is 0 Å². The Kier molecular flexibility index (Phi) is 6.34. The molecule has 1 rings (SSSR count). The van der Waals surface area contributed by atoms with E-state index in [2.05, 4.69) is 17.1 Å². The number of carbonyl (C=O) groups excluding carboxylic acids is 1. The van der Waals surface area contributed by atoms with Crippen molar-refractivity contribution in [2.75, 3.05) is 19.6 Å². The maximum absolute atomic E-state index is 11.4. The summed E-state index contributed by atoms with van der Waals surface area (Å²) in [4.78, 5) is 13.9. The molecular weight excluding hydrogens is 216 g/mol. The topological polar surface area (TPSA) is 41.6 Å². The fraction of sp³-hybridized carbons (Fsp3) is 0.923. The Bertz CT molecular complexity index is 223. The lowest BCUT2D eigenvalue weighted by Crippen LogP contribution is -2.45. The summed E-state index contributed by atoms with van der Waals surface area (Å²) in [5.41, 5.74) is 0. The average Bonchev–Trinajstić information content (AvgIpc) is 2.27. The minimum absolute atomic E-state index is 0.0420. The number of ether oxygens (including phenoxy) is 1. The molecular formula is C13H26N2O2. The number of hydrogen-bond acceptors (Lipinski definition) is 3. The number of unbranched alkanes of at least 4 members (excludes halogenated alkanes) is 1. The fourth-order valence-corrected chi connectivity index (χ4v) is 2.10. The van der Waals surface area contributed by atoms with E-state index in [0.29, 0.717) is 6.04 Å². The molecule has 1 heterocycles. The van der Waals surface area contributed by atoms with Crippen LogP contribution >= 0.6 is 0 Å². The molecule has 1 aliphatic rings. The molecule has 17 heavy (non-hydrogen) atoms. The van der Waals surface area contributed by atoms with Crippen LogP contribution in [-0.4, -0.2) is 42.8 Å². The molecule has 0 aromatic carbocycles. The van der Waals surface area contributed by atoms with Gasteiger partial charge < -0.3 is 15.0 Å². The van der Waals surface area contributed by atoms with Gasteiger partial charge in [0.05, 0.1) is 6.10 Å². The average molecular weight is 242 g/mol. The standard InChI is InChI=1S/C13H26N2O2/c1-4-5-8-15-9-6-12(7-10-15)14-13(16)17-11(2)3/h11-12H,4-10H2,1-3H3,(H,14,16). The Morgan fingerprint density at radius 1 is 1.41 bits per heavy atom. The van der Waals surface area contributed by atoms with Gasteiger partial charge in [-0.3, -0.25) is 0 Å². The fourth-order valence-electron chi connectivity index (χ4n) is 2.10. The van der Waals surface area contributed by atoms with Crippen LogP contribution in [0.4, 0.5) is 4.79 Å². The number of piperidine rings is 1. The molecule has 0 aliphatic carbocycles. The van der Waals surface area contributed by atoms with Gasteiger partial charge in [-0.15, -0.1) is 0 Å². The first-order chi connectivity index (χ1) is 8.11. The lowest BCUT2D eigenvalue weighted by atomic mass is 10.1. The van der Waals surface area contributed by atoms with E-state index in [0.717, 1.165) is 25.9 Å². The summed E-state index contributed by atoms with van der Waals surface area (Å²) >= 11 is 0. The zero-order valence-corrected chi connectivity index (χ0v) is 11.4. The van der Waals surface area contributed by atoms with E-state index >= 15 is 0 Å². The monoisotopic (exact) mass is 242 g/mol. The summed E-state index contributed by atoms with van der Waals surface area (Å²) in [5, 5.41) is 2.94. The third-order valence-electron chi connectivity index (χ3n) is 3.08. The van der Waals surface area contributed by atoms with Crippen molar-refractivity contribution in [1.82, 2.24) is 10.2 Å². The zero-order chi connectivity index (χ0) is 12.7. The quantitative estimate of drug-likeness (QED) is 0.805. The summed E-state index contributed by atoms with van der Waals surface area (Å²) in [7, 11) is 0. The second-order valence-corrected chi connectivity index (χ2v) is 5.07. The number of likely N-dealkylation sites (tertiary alicyclic amines) is 1. The molecule has 0 atom stereocenters. The van der Waals surface area contributed by atoms with Crippen molar-refractivity contribution in [2.24, 2.45) is 0 Å². The van der Waals surface area contributed by atoms with Crippen LogP contribution in [0.5, 0.6) is 0 Å². The molecule has 0 unspecified atom stereocenters. The zero-order valence-electron chi connectivity index (χ0n) is 11.4. The van der Waals surface area contributed by atoms with Gasteiger partial charge in [0.25, 0.3) is 0 Å². The normalized spacial score (nSPS) is 18.4. The Labute approximate surface area is 105 Å². The number of amides is 1. The van der Waals surface area contributed by atoms with Gasteiger partial charge in [-0.05, 0) is 39.7 Å². The van der Waals surface area contributed by atoms with Gasteiger partial charge in [0.15, 0.2) is 0 Å². The highest BCUT2D eigenvalue weighted by atomic mass is 16.6. The Balaban J connectivity index is 2.16. The smallest absolute Gasteiger partial charge is 0.407 e. The van der Waals surface area contributed by atoms with Crippen molar-refractivity contribution in [3.05, 3.63) is 0 Å². The van der Waals surface area contributed by atoms with Crippen molar-refractivity contribution in [3.8, 4) is 0 Å². The number of alkyl carbamates (subject to hydrolysis) is 1. The highest BCUT2D eigenvalue weighted by Gasteiger charge is 2.20. The highest BCUT2D eigenvalue weighted by molar-refractivity contribution is 5.67. The predicted octanol–water partition coefficient (Wildman–Crippen LogP) is 2.39. The summed E-state index contributed by atoms with van der Waals surface area (Å²) in [6.45, 7) is 9.33. The van der Waals surface area contributed by atoms with Crippen LogP contribution in [-0.2, 0) is 4.74 Å². The van der Waals surface area contributed by atoms with Gasteiger partial charge in [-0.2, -0.15) is 0 Å². The largest absolute Gasteiger partial charge is 0.447 e. The first-order valence-corrected chi connectivity index (χ1v) is 6.81. The number of nitrogens with zero attached hydrogens (tertiary/aromatic N) is 1. The van der Waals surface area contributed by atoms with Crippen LogP contribution in [0.15, 0.2) is 0 Å². The molecule has 0 radical (unpaired) electrons. The van der Waals surface area contributed by atoms with Crippen LogP contribution in [0.2, 0.25) is 0 Å². The van der Waals surface area contributed by atoms with Gasteiger partial charge in [0.2, 0.25) is 0 Å². The first-order valence-electron chi connectivity index (χ1n) is 6.81. The molecule has 0 saturated carbocycles. The van der Waals surface area contributed by atoms with Crippen molar-refractivity contribution in [3.63, 3.8) is 0 Å². The summed E-state index contributed by atoms with van der Waals surface area (Å²) in [6, 6.07) is 0.291. The van der Waals surface area contributed by atoms with Gasteiger partial charge >= 0.3 is 6.09 Å². The molecule has 1 N–H and O–H groups in total. The van der Waals surface area contributed by atoms with Crippen LogP contribution in [0.25, 0.3) is 0 Å². The van der Waals surface area contributed by atoms with Crippen molar-refractivity contribution < 1.29 is 9.53 Å². The molecule has 1 fully saturated rings. The minimum Gasteiger partial charge on any atom is -0.447 e. The highest BCUT2D eigenvalue weighted by Crippen LogP contribution is 2.11. The molecule has 1 saturated heterocycles. The van der Waals surface area contributed by atoms with Crippen LogP contribution in [0.1, 0.15) is 46.5 Å². The van der Waals surface area contributed by atoms with E-state index in [1.165, 1.54) is 19.4 Å². The van der Waals surface area contributed by atoms with Gasteiger partial charge in [0.1, 0.15) is 0 Å². The van der Waals surface area contributed by atoms with Crippen LogP contribution < -0.4 is 5.32 Å². The van der Waals surface area contributed by atoms with Crippen LogP contribution in [0, 0.1) is 0 Å². The molecule has 1 aliphatic heterocycles. The lowest BCUT2D eigenvalue weighted by molar-refractivity contribution is 0.106. The van der Waals surface area contributed by atoms with Crippen LogP contribution in [0.3, 0.4) is 0 Å². The molecule has 0 bridgehead atoms. The maximum atomic E-state index is 11.4. The van der Waals surface area contributed by atoms with Gasteiger partial charge in [-0.25, -0.2) is 4.79 Å². The van der Waals surface area contributed by atoms with Gasteiger partial charge in [0, 0.05) is 19.1 Å². The Morgan fingerprint density at radius 2 is 2.06 bits per heavy atom. The number of hydrogen-bond donors (Lipinski definition) is 1. The maximum Gasteiger partial charge on any atom is 0.407 e. The molecule has 100 valence electrons. The van der Waals surface area contributed by atoms with E-state index in [1.807, 2.05) is 13.8 Å². The predicted molar refractivity (Wildman–Crippen MR) is 69.1 cm³/mol. The number of rotatable bonds is 5. The van der Waals surface area contributed by atoms with E-state index in [-0.39, 0.29) is 12.2 Å². The molecule has 0 spiro atoms. The second kappa shape index (κ2) is 7.54. The molecule has 0 aromatic rings. The summed E-state index contributed by atoms with van der Waals surface area (Å²) in [5.74, 6) is 0. The minimum atomic E-state index is -0.271. The van der Waals surface area contributed by atoms with E-state index in [9.17, 15) is 4.79 Å². The lowest BCUT2D eigenvalue weighted by Gasteiger charge is -2.32. The number of nitrogens with one attached hydrogen (secondary N) is 1. The molecule has 4 nitrogen and oxygen atoms in total. The van der Waals surface area contributed by atoms with Gasteiger partial charge in [-0.1, -0.05) is 13.3 Å². The summed E-state index contributed by atoms with van der Waals surface area (Å²) in [6.07, 6.45) is 4.28. The first kappa shape index (κ1) is 14.3. The molecule has 0 aromatic heterocycles. The Hall–Kier alpha value is -0.770. The van der Waals surface area contributed by atoms with Crippen molar-refractivity contribution in [1.29, 1.82) is 0 Å². The SMILES string of the molecule is CCCCN1CCC(NC(=O)OC(C)C)CC1. The molecule has 1 amide bonds. The molecule has 4 heteroatoms. The van der Waals surface area contributed by atoms with Crippen molar-refractivity contribution >= 4 is 6.09 Å². The third kappa shape index (κ3) is 5.91. The van der Waals surface area contributed by atoms with Crippen molar-refractivity contribution in [2.45, 2.75) is 58.6 Å².